The van der Waals surface area contributed by atoms with E-state index in [1.807, 2.05) is 12.1 Å². The molecule has 1 aliphatic carbocycles. The van der Waals surface area contributed by atoms with Crippen LogP contribution in [0.15, 0.2) is 24.3 Å². The summed E-state index contributed by atoms with van der Waals surface area (Å²) < 4.78 is 0. The van der Waals surface area contributed by atoms with Gasteiger partial charge in [0.05, 0.1) is 0 Å². The largest absolute Gasteiger partial charge is 0.322 e. The molecule has 1 aliphatic heterocycles. The van der Waals surface area contributed by atoms with Gasteiger partial charge in [-0.05, 0) is 56.5 Å². The zero-order chi connectivity index (χ0) is 14.0. The highest BCUT2D eigenvalue weighted by Gasteiger charge is 2.45. The molecule has 1 heterocycles. The molecule has 1 saturated heterocycles. The molecule has 1 unspecified atom stereocenters. The second-order valence-electron chi connectivity index (χ2n) is 6.39. The maximum atomic E-state index is 6.73. The fraction of sp³-hybridized carbons (Fsp3) is 0.647. The second kappa shape index (κ2) is 6.05. The second-order valence-corrected chi connectivity index (χ2v) is 6.83. The lowest BCUT2D eigenvalue weighted by Crippen LogP contribution is -2.55. The number of halogens is 1. The van der Waals surface area contributed by atoms with Crippen molar-refractivity contribution in [3.63, 3.8) is 0 Å². The van der Waals surface area contributed by atoms with Crippen molar-refractivity contribution in [2.24, 2.45) is 5.73 Å². The van der Waals surface area contributed by atoms with Crippen LogP contribution in [0.5, 0.6) is 0 Å². The third-order valence-corrected chi connectivity index (χ3v) is 5.48. The van der Waals surface area contributed by atoms with E-state index in [2.05, 4.69) is 17.0 Å². The summed E-state index contributed by atoms with van der Waals surface area (Å²) in [6.45, 7) is 2.43. The van der Waals surface area contributed by atoms with Crippen molar-refractivity contribution in [2.45, 2.75) is 56.5 Å². The molecule has 0 amide bonds. The van der Waals surface area contributed by atoms with Gasteiger partial charge in [0.25, 0.3) is 0 Å². The van der Waals surface area contributed by atoms with Crippen molar-refractivity contribution in [1.29, 1.82) is 0 Å². The van der Waals surface area contributed by atoms with E-state index >= 15 is 0 Å². The summed E-state index contributed by atoms with van der Waals surface area (Å²) in [5.74, 6) is 0. The Bertz CT molecular complexity index is 448. The summed E-state index contributed by atoms with van der Waals surface area (Å²) in [4.78, 5) is 2.69. The molecular weight excluding hydrogens is 268 g/mol. The lowest BCUT2D eigenvalue weighted by atomic mass is 9.81. The van der Waals surface area contributed by atoms with Crippen LogP contribution in [0, 0.1) is 0 Å². The summed E-state index contributed by atoms with van der Waals surface area (Å²) in [6, 6.07) is 8.23. The molecule has 1 aromatic carbocycles. The maximum absolute atomic E-state index is 6.73. The first-order valence-corrected chi connectivity index (χ1v) is 8.36. The number of hydrogen-bond acceptors (Lipinski definition) is 2. The molecule has 0 spiro atoms. The van der Waals surface area contributed by atoms with Crippen LogP contribution in [0.4, 0.5) is 0 Å². The van der Waals surface area contributed by atoms with Gasteiger partial charge in [0, 0.05) is 16.6 Å². The van der Waals surface area contributed by atoms with Crippen LogP contribution >= 0.6 is 11.6 Å². The molecule has 1 atom stereocenters. The number of benzene rings is 1. The smallest absolute Gasteiger partial charge is 0.0482 e. The average molecular weight is 293 g/mol. The number of nitrogens with two attached hydrogens (primary N) is 1. The van der Waals surface area contributed by atoms with E-state index in [1.165, 1.54) is 63.6 Å². The van der Waals surface area contributed by atoms with E-state index in [9.17, 15) is 0 Å². The monoisotopic (exact) mass is 292 g/mol. The van der Waals surface area contributed by atoms with Crippen molar-refractivity contribution in [3.05, 3.63) is 34.9 Å². The van der Waals surface area contributed by atoms with Crippen molar-refractivity contribution in [1.82, 2.24) is 4.90 Å². The predicted octanol–water partition coefficient (Wildman–Crippen LogP) is 4.14. The van der Waals surface area contributed by atoms with Crippen molar-refractivity contribution in [3.8, 4) is 0 Å². The Hall–Kier alpha value is -0.570. The molecule has 0 bridgehead atoms. The molecule has 20 heavy (non-hydrogen) atoms. The molecule has 2 N–H and O–H groups in total. The third-order valence-electron chi connectivity index (χ3n) is 5.24. The third kappa shape index (κ3) is 2.61. The minimum atomic E-state index is 0.0850. The van der Waals surface area contributed by atoms with Crippen molar-refractivity contribution < 1.29 is 0 Å². The van der Waals surface area contributed by atoms with Gasteiger partial charge >= 0.3 is 0 Å². The number of hydrogen-bond donors (Lipinski definition) is 1. The summed E-state index contributed by atoms with van der Waals surface area (Å²) >= 11 is 6.16. The van der Waals surface area contributed by atoms with Crippen LogP contribution < -0.4 is 5.73 Å². The molecular formula is C17H25ClN2. The van der Waals surface area contributed by atoms with Gasteiger partial charge in [-0.3, -0.25) is 4.90 Å². The molecule has 2 fully saturated rings. The number of rotatable bonds is 3. The summed E-state index contributed by atoms with van der Waals surface area (Å²) in [7, 11) is 0. The standard InChI is InChI=1S/C17H25ClN2/c18-15-8-6-7-14(13-15)16(19)17(9-2-3-10-17)20-11-4-1-5-12-20/h6-8,13,16H,1-5,9-12,19H2. The van der Waals surface area contributed by atoms with Gasteiger partial charge in [-0.2, -0.15) is 0 Å². The Morgan fingerprint density at radius 2 is 1.75 bits per heavy atom. The van der Waals surface area contributed by atoms with Crippen LogP contribution in [0.3, 0.4) is 0 Å². The van der Waals surface area contributed by atoms with Gasteiger partial charge < -0.3 is 5.73 Å². The number of likely N-dealkylation sites (tertiary alicyclic amines) is 1. The Labute approximate surface area is 127 Å². The van der Waals surface area contributed by atoms with E-state index in [0.717, 1.165) is 5.02 Å². The number of nitrogens with zero attached hydrogens (tertiary/aromatic N) is 1. The minimum absolute atomic E-state index is 0.0850. The molecule has 2 aliphatic rings. The lowest BCUT2D eigenvalue weighted by molar-refractivity contribution is 0.0478. The van der Waals surface area contributed by atoms with Crippen molar-refractivity contribution in [2.75, 3.05) is 13.1 Å². The van der Waals surface area contributed by atoms with Gasteiger partial charge in [-0.1, -0.05) is 43.0 Å². The van der Waals surface area contributed by atoms with Gasteiger partial charge in [0.15, 0.2) is 0 Å². The molecule has 1 saturated carbocycles. The minimum Gasteiger partial charge on any atom is -0.322 e. The highest BCUT2D eigenvalue weighted by atomic mass is 35.5. The van der Waals surface area contributed by atoms with Crippen LogP contribution in [0.25, 0.3) is 0 Å². The van der Waals surface area contributed by atoms with Crippen LogP contribution in [0.2, 0.25) is 5.02 Å². The fourth-order valence-electron chi connectivity index (χ4n) is 4.16. The van der Waals surface area contributed by atoms with Crippen LogP contribution in [-0.2, 0) is 0 Å². The van der Waals surface area contributed by atoms with Gasteiger partial charge in [-0.25, -0.2) is 0 Å². The highest BCUT2D eigenvalue weighted by molar-refractivity contribution is 6.30. The molecule has 0 radical (unpaired) electrons. The van der Waals surface area contributed by atoms with E-state index in [-0.39, 0.29) is 11.6 Å². The molecule has 2 nitrogen and oxygen atoms in total. The highest BCUT2D eigenvalue weighted by Crippen LogP contribution is 2.44. The normalized spacial score (nSPS) is 24.7. The average Bonchev–Trinajstić information content (AvgIpc) is 2.98. The molecule has 3 heteroatoms. The fourth-order valence-corrected chi connectivity index (χ4v) is 4.36. The first kappa shape index (κ1) is 14.4. The summed E-state index contributed by atoms with van der Waals surface area (Å²) in [6.07, 6.45) is 9.11. The van der Waals surface area contributed by atoms with E-state index < -0.39 is 0 Å². The molecule has 0 aromatic heterocycles. The van der Waals surface area contributed by atoms with Crippen molar-refractivity contribution >= 4 is 11.6 Å². The lowest BCUT2D eigenvalue weighted by Gasteiger charge is -2.47. The topological polar surface area (TPSA) is 29.3 Å². The first-order valence-electron chi connectivity index (χ1n) is 7.98. The summed E-state index contributed by atoms with van der Waals surface area (Å²) in [5.41, 5.74) is 8.11. The zero-order valence-corrected chi connectivity index (χ0v) is 12.9. The molecule has 3 rings (SSSR count). The van der Waals surface area contributed by atoms with Gasteiger partial charge in [0.1, 0.15) is 0 Å². The summed E-state index contributed by atoms with van der Waals surface area (Å²) in [5, 5.41) is 0.796. The quantitative estimate of drug-likeness (QED) is 0.907. The van der Waals surface area contributed by atoms with E-state index in [1.54, 1.807) is 0 Å². The Morgan fingerprint density at radius 1 is 1.05 bits per heavy atom. The first-order chi connectivity index (χ1) is 9.72. The van der Waals surface area contributed by atoms with E-state index in [4.69, 9.17) is 17.3 Å². The van der Waals surface area contributed by atoms with E-state index in [0.29, 0.717) is 0 Å². The van der Waals surface area contributed by atoms with Crippen LogP contribution in [-0.4, -0.2) is 23.5 Å². The maximum Gasteiger partial charge on any atom is 0.0482 e. The molecule has 110 valence electrons. The zero-order valence-electron chi connectivity index (χ0n) is 12.2. The van der Waals surface area contributed by atoms with Crippen LogP contribution in [0.1, 0.15) is 56.6 Å². The molecule has 1 aromatic rings. The Morgan fingerprint density at radius 3 is 2.40 bits per heavy atom. The number of piperidine rings is 1. The Kier molecular flexibility index (Phi) is 4.34. The SMILES string of the molecule is NC(c1cccc(Cl)c1)C1(N2CCCCC2)CCCC1. The van der Waals surface area contributed by atoms with Gasteiger partial charge in [0.2, 0.25) is 0 Å². The predicted molar refractivity (Wildman–Crippen MR) is 85.0 cm³/mol. The Balaban J connectivity index is 1.89. The van der Waals surface area contributed by atoms with Gasteiger partial charge in [-0.15, -0.1) is 0 Å².